The zero-order chi connectivity index (χ0) is 33.0. The van der Waals surface area contributed by atoms with Gasteiger partial charge in [-0.05, 0) is 94.9 Å². The van der Waals surface area contributed by atoms with Crippen LogP contribution in [0.5, 0.6) is 5.75 Å². The third-order valence-electron chi connectivity index (χ3n) is 8.32. The summed E-state index contributed by atoms with van der Waals surface area (Å²) in [6.07, 6.45) is 2.55. The molecular formula is C34H46N8O3S. The number of rotatable bonds is 12. The molecule has 1 amide bonds. The number of likely N-dealkylation sites (tertiary alicyclic amines) is 1. The van der Waals surface area contributed by atoms with Crippen LogP contribution in [0.4, 0.5) is 23.1 Å². The van der Waals surface area contributed by atoms with Crippen LogP contribution in [0.25, 0.3) is 11.0 Å². The number of nitrogens with one attached hydrogen (secondary N) is 4. The van der Waals surface area contributed by atoms with Crippen LogP contribution < -0.4 is 20.7 Å². The fraction of sp³-hybridized carbons (Fsp3) is 0.471. The summed E-state index contributed by atoms with van der Waals surface area (Å²) in [4.78, 5) is 24.4. The summed E-state index contributed by atoms with van der Waals surface area (Å²) in [6.45, 7) is 14.7. The first-order valence-electron chi connectivity index (χ1n) is 16.0. The van der Waals surface area contributed by atoms with Crippen molar-refractivity contribution in [3.05, 3.63) is 53.2 Å². The van der Waals surface area contributed by atoms with Crippen molar-refractivity contribution in [1.29, 1.82) is 0 Å². The van der Waals surface area contributed by atoms with E-state index < -0.39 is 10.8 Å². The van der Waals surface area contributed by atoms with Crippen molar-refractivity contribution in [2.24, 2.45) is 0 Å². The van der Waals surface area contributed by atoms with E-state index in [-0.39, 0.29) is 17.3 Å². The molecule has 2 aromatic carbocycles. The van der Waals surface area contributed by atoms with Crippen molar-refractivity contribution in [2.45, 2.75) is 83.0 Å². The Kier molecular flexibility index (Phi) is 10.6. The van der Waals surface area contributed by atoms with Gasteiger partial charge < -0.3 is 25.6 Å². The molecule has 12 heteroatoms. The average Bonchev–Trinajstić information content (AvgIpc) is 3.41. The van der Waals surface area contributed by atoms with Crippen LogP contribution in [-0.2, 0) is 15.6 Å². The highest BCUT2D eigenvalue weighted by Crippen LogP contribution is 2.39. The molecule has 0 spiro atoms. The number of hydrogen-bond donors (Lipinski definition) is 4. The van der Waals surface area contributed by atoms with Gasteiger partial charge in [0.05, 0.1) is 38.6 Å². The molecule has 4 N–H and O–H groups in total. The lowest BCUT2D eigenvalue weighted by Crippen LogP contribution is -2.35. The second-order valence-electron chi connectivity index (χ2n) is 12.4. The maximum atomic E-state index is 13.1. The van der Waals surface area contributed by atoms with E-state index >= 15 is 0 Å². The van der Waals surface area contributed by atoms with E-state index in [1.165, 1.54) is 11.1 Å². The summed E-state index contributed by atoms with van der Waals surface area (Å²) in [7, 11) is 0.495. The Morgan fingerprint density at radius 2 is 1.80 bits per heavy atom. The number of ether oxygens (including phenoxy) is 1. The summed E-state index contributed by atoms with van der Waals surface area (Å²) in [5.41, 5.74) is 5.30. The molecule has 1 atom stereocenters. The lowest BCUT2D eigenvalue weighted by molar-refractivity contribution is -0.121. The molecule has 0 aliphatic carbocycles. The molecule has 4 aromatic rings. The Hall–Kier alpha value is -4.03. The highest BCUT2D eigenvalue weighted by Gasteiger charge is 2.25. The second-order valence-corrected chi connectivity index (χ2v) is 14.4. The van der Waals surface area contributed by atoms with Gasteiger partial charge in [-0.15, -0.1) is 0 Å². The van der Waals surface area contributed by atoms with Gasteiger partial charge >= 0.3 is 0 Å². The van der Waals surface area contributed by atoms with Crippen LogP contribution in [0.3, 0.4) is 0 Å². The summed E-state index contributed by atoms with van der Waals surface area (Å²) in [6, 6.07) is 11.9. The van der Waals surface area contributed by atoms with Gasteiger partial charge in [0.15, 0.2) is 5.65 Å². The summed E-state index contributed by atoms with van der Waals surface area (Å²) in [5.74, 6) is 2.17. The highest BCUT2D eigenvalue weighted by atomic mass is 32.2. The highest BCUT2D eigenvalue weighted by molar-refractivity contribution is 7.85. The normalized spacial score (nSPS) is 15.0. The lowest BCUT2D eigenvalue weighted by Gasteiger charge is -2.33. The predicted molar refractivity (Wildman–Crippen MR) is 185 cm³/mol. The van der Waals surface area contributed by atoms with Gasteiger partial charge in [-0.3, -0.25) is 14.1 Å². The number of aryl methyl sites for hydroxylation is 2. The van der Waals surface area contributed by atoms with Crippen molar-refractivity contribution in [3.63, 3.8) is 0 Å². The number of carbonyl (C=O) groups is 1. The van der Waals surface area contributed by atoms with Crippen LogP contribution >= 0.6 is 0 Å². The molecule has 1 aliphatic heterocycles. The number of aromatic nitrogens is 4. The Bertz CT molecular complexity index is 1710. The van der Waals surface area contributed by atoms with Gasteiger partial charge in [-0.2, -0.15) is 15.1 Å². The first-order chi connectivity index (χ1) is 22.0. The number of anilines is 4. The van der Waals surface area contributed by atoms with E-state index in [9.17, 15) is 9.00 Å². The molecule has 11 nitrogen and oxygen atoms in total. The number of carbonyl (C=O) groups excluding carboxylic acids is 1. The molecule has 246 valence electrons. The minimum absolute atomic E-state index is 0.0318. The van der Waals surface area contributed by atoms with E-state index in [0.717, 1.165) is 65.6 Å². The number of para-hydroxylation sites is 1. The van der Waals surface area contributed by atoms with Crippen LogP contribution in [0.15, 0.2) is 41.3 Å². The standard InChI is InChI=1S/C34H46N8O3S/c1-20(2)45-28-19-25(24-12-15-42(16-13-24)17-14-30(43)35-7)22(5)18-27(28)37-34-38-32(31-23(6)40-41-33(31)39-34)36-26-10-8-9-11-29(26)46(44)21(3)4/h8-11,18-21,24H,12-17H2,1-7H3,(H,35,43)(H3,36,37,38,39,40,41). The van der Waals surface area contributed by atoms with Gasteiger partial charge in [0.25, 0.3) is 0 Å². The summed E-state index contributed by atoms with van der Waals surface area (Å²) >= 11 is 0. The number of amides is 1. The van der Waals surface area contributed by atoms with Crippen molar-refractivity contribution in [2.75, 3.05) is 37.3 Å². The predicted octanol–water partition coefficient (Wildman–Crippen LogP) is 6.08. The minimum Gasteiger partial charge on any atom is -0.489 e. The lowest BCUT2D eigenvalue weighted by atomic mass is 9.86. The number of fused-ring (bicyclic) bond motifs is 1. The number of benzene rings is 2. The number of H-pyrrole nitrogens is 1. The average molecular weight is 647 g/mol. The van der Waals surface area contributed by atoms with E-state index in [0.29, 0.717) is 29.8 Å². The number of nitrogens with zero attached hydrogens (tertiary/aromatic N) is 4. The molecular weight excluding hydrogens is 600 g/mol. The van der Waals surface area contributed by atoms with Gasteiger partial charge in [0, 0.05) is 31.0 Å². The molecule has 0 saturated carbocycles. The first kappa shape index (κ1) is 33.3. The van der Waals surface area contributed by atoms with Gasteiger partial charge in [-0.1, -0.05) is 26.0 Å². The molecule has 0 bridgehead atoms. The zero-order valence-corrected chi connectivity index (χ0v) is 28.7. The fourth-order valence-corrected chi connectivity index (χ4v) is 6.96. The van der Waals surface area contributed by atoms with Gasteiger partial charge in [-0.25, -0.2) is 0 Å². The molecule has 3 heterocycles. The molecule has 0 radical (unpaired) electrons. The van der Waals surface area contributed by atoms with Crippen molar-refractivity contribution in [3.8, 4) is 5.75 Å². The van der Waals surface area contributed by atoms with E-state index in [4.69, 9.17) is 14.7 Å². The Morgan fingerprint density at radius 3 is 2.50 bits per heavy atom. The third-order valence-corrected chi connectivity index (χ3v) is 9.96. The number of hydrogen-bond acceptors (Lipinski definition) is 9. The molecule has 46 heavy (non-hydrogen) atoms. The SMILES string of the molecule is CNC(=O)CCN1CCC(c2cc(OC(C)C)c(Nc3nc(Nc4ccccc4S(=O)C(C)C)c4c(C)[nH]nc4n3)cc2C)CC1. The van der Waals surface area contributed by atoms with Crippen LogP contribution in [0.2, 0.25) is 0 Å². The van der Waals surface area contributed by atoms with Crippen molar-refractivity contribution < 1.29 is 13.7 Å². The number of piperidine rings is 1. The topological polar surface area (TPSA) is 137 Å². The maximum Gasteiger partial charge on any atom is 0.231 e. The van der Waals surface area contributed by atoms with E-state index in [1.54, 1.807) is 7.05 Å². The number of aromatic amines is 1. The van der Waals surface area contributed by atoms with E-state index in [1.807, 2.05) is 58.9 Å². The maximum absolute atomic E-state index is 13.1. The Balaban J connectivity index is 1.43. The largest absolute Gasteiger partial charge is 0.489 e. The Labute approximate surface area is 273 Å². The van der Waals surface area contributed by atoms with E-state index in [2.05, 4.69) is 50.1 Å². The molecule has 1 saturated heterocycles. The smallest absolute Gasteiger partial charge is 0.231 e. The summed E-state index contributed by atoms with van der Waals surface area (Å²) in [5, 5.41) is 17.8. The Morgan fingerprint density at radius 1 is 1.07 bits per heavy atom. The molecule has 1 fully saturated rings. The van der Waals surface area contributed by atoms with Crippen LogP contribution in [0, 0.1) is 13.8 Å². The fourth-order valence-electron chi connectivity index (χ4n) is 5.91. The van der Waals surface area contributed by atoms with Gasteiger partial charge in [0.2, 0.25) is 11.9 Å². The molecule has 5 rings (SSSR count). The van der Waals surface area contributed by atoms with Gasteiger partial charge in [0.1, 0.15) is 11.6 Å². The monoisotopic (exact) mass is 646 g/mol. The third kappa shape index (κ3) is 7.67. The summed E-state index contributed by atoms with van der Waals surface area (Å²) < 4.78 is 19.4. The molecule has 2 aromatic heterocycles. The van der Waals surface area contributed by atoms with Crippen molar-refractivity contribution in [1.82, 2.24) is 30.4 Å². The zero-order valence-electron chi connectivity index (χ0n) is 27.9. The first-order valence-corrected chi connectivity index (χ1v) is 17.3. The van der Waals surface area contributed by atoms with Crippen molar-refractivity contribution >= 4 is 50.9 Å². The van der Waals surface area contributed by atoms with Crippen LogP contribution in [-0.4, -0.2) is 73.2 Å². The minimum atomic E-state index is -1.19. The second kappa shape index (κ2) is 14.6. The molecule has 1 aliphatic rings. The van der Waals surface area contributed by atoms with Crippen LogP contribution in [0.1, 0.15) is 69.7 Å². The molecule has 1 unspecified atom stereocenters. The quantitative estimate of drug-likeness (QED) is 0.144.